The largest absolute Gasteiger partial charge is 0.378 e. The summed E-state index contributed by atoms with van der Waals surface area (Å²) >= 11 is 0. The summed E-state index contributed by atoms with van der Waals surface area (Å²) in [7, 11) is 0. The fourth-order valence-electron chi connectivity index (χ4n) is 3.23. The van der Waals surface area contributed by atoms with Crippen molar-refractivity contribution in [1.29, 1.82) is 0 Å². The van der Waals surface area contributed by atoms with Crippen LogP contribution in [-0.4, -0.2) is 37.2 Å². The van der Waals surface area contributed by atoms with Crippen LogP contribution in [0.25, 0.3) is 0 Å². The highest BCUT2D eigenvalue weighted by Gasteiger charge is 2.51. The van der Waals surface area contributed by atoms with Crippen LogP contribution in [0.2, 0.25) is 0 Å². The van der Waals surface area contributed by atoms with Crippen molar-refractivity contribution in [2.75, 3.05) is 36.5 Å². The lowest BCUT2D eigenvalue weighted by Gasteiger charge is -2.28. The third kappa shape index (κ3) is 2.87. The maximum Gasteiger partial charge on any atom is 0.236 e. The average Bonchev–Trinajstić information content (AvgIpc) is 3.46. The summed E-state index contributed by atoms with van der Waals surface area (Å²) in [6.45, 7) is 3.26. The summed E-state index contributed by atoms with van der Waals surface area (Å²) < 4.78 is 5.36. The normalized spacial score (nSPS) is 18.9. The van der Waals surface area contributed by atoms with Gasteiger partial charge in [-0.1, -0.05) is 30.3 Å². The van der Waals surface area contributed by atoms with Gasteiger partial charge in [0, 0.05) is 13.1 Å². The van der Waals surface area contributed by atoms with E-state index < -0.39 is 0 Å². The van der Waals surface area contributed by atoms with Crippen molar-refractivity contribution < 1.29 is 9.53 Å². The van der Waals surface area contributed by atoms with Gasteiger partial charge < -0.3 is 15.0 Å². The Morgan fingerprint density at radius 2 is 1.83 bits per heavy atom. The lowest BCUT2D eigenvalue weighted by Crippen LogP contribution is -2.36. The zero-order valence-corrected chi connectivity index (χ0v) is 13.6. The van der Waals surface area contributed by atoms with Gasteiger partial charge in [0.1, 0.15) is 5.82 Å². The van der Waals surface area contributed by atoms with E-state index in [0.29, 0.717) is 5.82 Å². The summed E-state index contributed by atoms with van der Waals surface area (Å²) in [5, 5.41) is 2.98. The van der Waals surface area contributed by atoms with E-state index in [9.17, 15) is 4.79 Å². The number of pyridine rings is 1. The van der Waals surface area contributed by atoms with Crippen LogP contribution >= 0.6 is 0 Å². The minimum absolute atomic E-state index is 0.0420. The Kier molecular flexibility index (Phi) is 3.94. The minimum Gasteiger partial charge on any atom is -0.378 e. The summed E-state index contributed by atoms with van der Waals surface area (Å²) in [5.74, 6) is 0.652. The molecule has 124 valence electrons. The van der Waals surface area contributed by atoms with Crippen molar-refractivity contribution in [3.8, 4) is 0 Å². The molecule has 1 aliphatic heterocycles. The van der Waals surface area contributed by atoms with E-state index in [1.807, 2.05) is 48.7 Å². The van der Waals surface area contributed by atoms with Crippen molar-refractivity contribution in [1.82, 2.24) is 4.98 Å². The Hall–Kier alpha value is -2.40. The zero-order chi connectivity index (χ0) is 16.4. The van der Waals surface area contributed by atoms with Crippen LogP contribution in [0.15, 0.2) is 48.7 Å². The fraction of sp³-hybridized carbons (Fsp3) is 0.368. The molecule has 2 heterocycles. The van der Waals surface area contributed by atoms with Crippen LogP contribution < -0.4 is 10.2 Å². The molecule has 24 heavy (non-hydrogen) atoms. The number of carbonyl (C=O) groups is 1. The van der Waals surface area contributed by atoms with Gasteiger partial charge in [0.2, 0.25) is 5.91 Å². The van der Waals surface area contributed by atoms with Gasteiger partial charge in [-0.3, -0.25) is 4.79 Å². The molecule has 0 atom stereocenters. The van der Waals surface area contributed by atoms with Gasteiger partial charge in [-0.05, 0) is 30.5 Å². The molecule has 1 saturated heterocycles. The second-order valence-electron chi connectivity index (χ2n) is 6.40. The molecule has 5 nitrogen and oxygen atoms in total. The first-order valence-electron chi connectivity index (χ1n) is 8.44. The Morgan fingerprint density at radius 3 is 2.46 bits per heavy atom. The van der Waals surface area contributed by atoms with Crippen molar-refractivity contribution >= 4 is 17.4 Å². The third-order valence-electron chi connectivity index (χ3n) is 4.88. The molecule has 1 aromatic heterocycles. The van der Waals surface area contributed by atoms with Gasteiger partial charge in [-0.2, -0.15) is 0 Å². The zero-order valence-electron chi connectivity index (χ0n) is 13.6. The van der Waals surface area contributed by atoms with E-state index in [4.69, 9.17) is 4.74 Å². The number of hydrogen-bond donors (Lipinski definition) is 1. The number of amides is 1. The number of aromatic nitrogens is 1. The fourth-order valence-corrected chi connectivity index (χ4v) is 3.23. The summed E-state index contributed by atoms with van der Waals surface area (Å²) in [6.07, 6.45) is 3.62. The predicted octanol–water partition coefficient (Wildman–Crippen LogP) is 2.59. The first-order chi connectivity index (χ1) is 11.8. The number of benzene rings is 1. The molecule has 1 aliphatic carbocycles. The number of hydrogen-bond acceptors (Lipinski definition) is 4. The Morgan fingerprint density at radius 1 is 1.08 bits per heavy atom. The maximum atomic E-state index is 12.7. The number of ether oxygens (including phenoxy) is 1. The SMILES string of the molecule is O=C(Nc1ccc(N2CCOCC2)cn1)C1(c2ccccc2)CC1. The quantitative estimate of drug-likeness (QED) is 0.940. The highest BCUT2D eigenvalue weighted by atomic mass is 16.5. The van der Waals surface area contributed by atoms with Gasteiger partial charge in [0.25, 0.3) is 0 Å². The van der Waals surface area contributed by atoms with Gasteiger partial charge in [0.05, 0.1) is 30.5 Å². The molecule has 2 aliphatic rings. The van der Waals surface area contributed by atoms with Crippen molar-refractivity contribution in [3.05, 3.63) is 54.2 Å². The number of nitrogens with zero attached hydrogens (tertiary/aromatic N) is 2. The number of morpholine rings is 1. The third-order valence-corrected chi connectivity index (χ3v) is 4.88. The highest BCUT2D eigenvalue weighted by Crippen LogP contribution is 2.48. The molecule has 0 unspecified atom stereocenters. The molecule has 1 aromatic carbocycles. The molecular formula is C19H21N3O2. The lowest BCUT2D eigenvalue weighted by molar-refractivity contribution is -0.118. The van der Waals surface area contributed by atoms with Crippen molar-refractivity contribution in [3.63, 3.8) is 0 Å². The number of carbonyl (C=O) groups excluding carboxylic acids is 1. The van der Waals surface area contributed by atoms with Crippen LogP contribution in [0.3, 0.4) is 0 Å². The molecule has 5 heteroatoms. The summed E-state index contributed by atoms with van der Waals surface area (Å²) in [4.78, 5) is 19.4. The van der Waals surface area contributed by atoms with E-state index in [-0.39, 0.29) is 11.3 Å². The molecular weight excluding hydrogens is 302 g/mol. The molecule has 2 fully saturated rings. The Balaban J connectivity index is 1.44. The predicted molar refractivity (Wildman–Crippen MR) is 93.3 cm³/mol. The molecule has 0 spiro atoms. The van der Waals surface area contributed by atoms with E-state index in [0.717, 1.165) is 50.4 Å². The summed E-state index contributed by atoms with van der Waals surface area (Å²) in [6, 6.07) is 13.9. The van der Waals surface area contributed by atoms with Crippen molar-refractivity contribution in [2.45, 2.75) is 18.3 Å². The molecule has 1 amide bonds. The van der Waals surface area contributed by atoms with Crippen LogP contribution in [0.4, 0.5) is 11.5 Å². The molecule has 1 N–H and O–H groups in total. The van der Waals surface area contributed by atoms with Crippen molar-refractivity contribution in [2.24, 2.45) is 0 Å². The van der Waals surface area contributed by atoms with E-state index in [1.54, 1.807) is 0 Å². The minimum atomic E-state index is -0.369. The second kappa shape index (κ2) is 6.24. The first kappa shape index (κ1) is 15.1. The van der Waals surface area contributed by atoms with Crippen LogP contribution in [0, 0.1) is 0 Å². The van der Waals surface area contributed by atoms with Gasteiger partial charge >= 0.3 is 0 Å². The molecule has 2 aromatic rings. The Labute approximate surface area is 141 Å². The molecule has 0 bridgehead atoms. The first-order valence-corrected chi connectivity index (χ1v) is 8.44. The van der Waals surface area contributed by atoms with Gasteiger partial charge in [-0.25, -0.2) is 4.98 Å². The highest BCUT2D eigenvalue weighted by molar-refractivity contribution is 6.00. The topological polar surface area (TPSA) is 54.5 Å². The maximum absolute atomic E-state index is 12.7. The molecule has 1 saturated carbocycles. The number of anilines is 2. The molecule has 4 rings (SSSR count). The lowest BCUT2D eigenvalue weighted by atomic mass is 9.95. The number of rotatable bonds is 4. The van der Waals surface area contributed by atoms with Crippen LogP contribution in [0.1, 0.15) is 18.4 Å². The van der Waals surface area contributed by atoms with E-state index >= 15 is 0 Å². The van der Waals surface area contributed by atoms with E-state index in [1.165, 1.54) is 0 Å². The van der Waals surface area contributed by atoms with Gasteiger partial charge in [-0.15, -0.1) is 0 Å². The monoisotopic (exact) mass is 323 g/mol. The van der Waals surface area contributed by atoms with Gasteiger partial charge in [0.15, 0.2) is 0 Å². The second-order valence-corrected chi connectivity index (χ2v) is 6.40. The number of nitrogens with one attached hydrogen (secondary N) is 1. The average molecular weight is 323 g/mol. The standard InChI is InChI=1S/C19H21N3O2/c23-18(19(8-9-19)15-4-2-1-3-5-15)21-17-7-6-16(14-20-17)22-10-12-24-13-11-22/h1-7,14H,8-13H2,(H,20,21,23). The smallest absolute Gasteiger partial charge is 0.236 e. The summed E-state index contributed by atoms with van der Waals surface area (Å²) in [5.41, 5.74) is 1.79. The Bertz CT molecular complexity index is 705. The van der Waals surface area contributed by atoms with Crippen LogP contribution in [-0.2, 0) is 14.9 Å². The molecule has 0 radical (unpaired) electrons. The van der Waals surface area contributed by atoms with Crippen LogP contribution in [0.5, 0.6) is 0 Å². The van der Waals surface area contributed by atoms with E-state index in [2.05, 4.69) is 15.2 Å².